The molecule has 2 aliphatic heterocycles. The van der Waals surface area contributed by atoms with Crippen molar-refractivity contribution in [1.29, 1.82) is 0 Å². The fraction of sp³-hybridized carbons (Fsp3) is 0.577. The Bertz CT molecular complexity index is 1120. The molecule has 17 heteroatoms. The third kappa shape index (κ3) is 11.5. The molecule has 1 unspecified atom stereocenters. The van der Waals surface area contributed by atoms with Crippen LogP contribution in [0.1, 0.15) is 33.6 Å². The van der Waals surface area contributed by atoms with Crippen LogP contribution in [0.3, 0.4) is 0 Å². The summed E-state index contributed by atoms with van der Waals surface area (Å²) in [6.07, 6.45) is -4.89. The highest BCUT2D eigenvalue weighted by atomic mass is 19.4. The fourth-order valence-corrected chi connectivity index (χ4v) is 3.86. The molecule has 2 aliphatic rings. The van der Waals surface area contributed by atoms with Gasteiger partial charge in [-0.1, -0.05) is 6.07 Å². The molecule has 2 heterocycles. The van der Waals surface area contributed by atoms with Crippen molar-refractivity contribution in [1.82, 2.24) is 15.5 Å². The van der Waals surface area contributed by atoms with Crippen LogP contribution in [0, 0.1) is 0 Å². The number of imide groups is 2. The number of alkyl halides is 3. The molecule has 0 bridgehead atoms. The lowest BCUT2D eigenvalue weighted by Gasteiger charge is -2.27. The van der Waals surface area contributed by atoms with Crippen molar-refractivity contribution in [2.45, 2.75) is 25.1 Å². The van der Waals surface area contributed by atoms with Gasteiger partial charge in [0.2, 0.25) is 11.8 Å². The Morgan fingerprint density at radius 2 is 1.47 bits per heavy atom. The first-order chi connectivity index (χ1) is 20.5. The molecule has 4 amide bonds. The van der Waals surface area contributed by atoms with Crippen LogP contribution in [-0.4, -0.2) is 125 Å². The highest BCUT2D eigenvalue weighted by Crippen LogP contribution is 2.32. The minimum atomic E-state index is -5.08. The zero-order chi connectivity index (χ0) is 31.8. The molecule has 0 radical (unpaired) electrons. The van der Waals surface area contributed by atoms with Crippen LogP contribution in [0.15, 0.2) is 18.2 Å². The molecule has 0 aromatic heterocycles. The van der Waals surface area contributed by atoms with Crippen LogP contribution in [0.4, 0.5) is 18.9 Å². The number of likely N-dealkylation sites (N-methyl/N-ethyl adjacent to an activating group) is 1. The molecule has 1 atom stereocenters. The average Bonchev–Trinajstić information content (AvgIpc) is 3.20. The second kappa shape index (κ2) is 18.1. The molecule has 1 fully saturated rings. The first-order valence-corrected chi connectivity index (χ1v) is 13.3. The molecule has 1 aromatic carbocycles. The number of aliphatic carboxylic acids is 1. The SMILES string of the molecule is CNCCOCCOCCOCCOCCNc1cccc2c1C(=O)N(C1CCC(=O)NC1=O)C2=O.O=C(O)C(F)(F)F. The van der Waals surface area contributed by atoms with Crippen molar-refractivity contribution in [3.05, 3.63) is 29.3 Å². The number of nitrogens with zero attached hydrogens (tertiary/aromatic N) is 1. The number of amides is 4. The van der Waals surface area contributed by atoms with Crippen LogP contribution >= 0.6 is 0 Å². The molecule has 0 aliphatic carbocycles. The van der Waals surface area contributed by atoms with Gasteiger partial charge in [0.25, 0.3) is 11.8 Å². The summed E-state index contributed by atoms with van der Waals surface area (Å²) in [6, 6.07) is 3.94. The summed E-state index contributed by atoms with van der Waals surface area (Å²) in [5.74, 6) is -4.88. The molecule has 240 valence electrons. The molecular formula is C26H35F3N4O10. The number of halogens is 3. The Morgan fingerprint density at radius 1 is 0.930 bits per heavy atom. The number of carbonyl (C=O) groups excluding carboxylic acids is 4. The van der Waals surface area contributed by atoms with E-state index in [2.05, 4.69) is 16.0 Å². The van der Waals surface area contributed by atoms with Crippen molar-refractivity contribution >= 4 is 35.3 Å². The number of piperidine rings is 1. The molecular weight excluding hydrogens is 585 g/mol. The number of fused-ring (bicyclic) bond motifs is 1. The van der Waals surface area contributed by atoms with E-state index >= 15 is 0 Å². The summed E-state index contributed by atoms with van der Waals surface area (Å²) in [6.45, 7) is 5.11. The van der Waals surface area contributed by atoms with E-state index in [4.69, 9.17) is 28.8 Å². The largest absolute Gasteiger partial charge is 0.490 e. The Labute approximate surface area is 245 Å². The lowest BCUT2D eigenvalue weighted by molar-refractivity contribution is -0.192. The number of carboxylic acids is 1. The fourth-order valence-electron chi connectivity index (χ4n) is 3.86. The maximum Gasteiger partial charge on any atom is 0.490 e. The highest BCUT2D eigenvalue weighted by Gasteiger charge is 2.45. The Hall–Kier alpha value is -3.64. The van der Waals surface area contributed by atoms with Crippen molar-refractivity contribution in [3.63, 3.8) is 0 Å². The topological polar surface area (TPSA) is 182 Å². The van der Waals surface area contributed by atoms with Gasteiger partial charge in [-0.2, -0.15) is 13.2 Å². The first kappa shape index (κ1) is 35.6. The van der Waals surface area contributed by atoms with Gasteiger partial charge in [-0.15, -0.1) is 0 Å². The summed E-state index contributed by atoms with van der Waals surface area (Å²) in [5.41, 5.74) is 0.950. The van der Waals surface area contributed by atoms with Crippen molar-refractivity contribution in [2.24, 2.45) is 0 Å². The van der Waals surface area contributed by atoms with Crippen molar-refractivity contribution in [3.8, 4) is 0 Å². The number of hydrogen-bond donors (Lipinski definition) is 4. The lowest BCUT2D eigenvalue weighted by atomic mass is 10.0. The van der Waals surface area contributed by atoms with Crippen LogP contribution in [0.25, 0.3) is 0 Å². The van der Waals surface area contributed by atoms with E-state index in [1.54, 1.807) is 18.2 Å². The van der Waals surface area contributed by atoms with Gasteiger partial charge in [0.05, 0.1) is 64.0 Å². The van der Waals surface area contributed by atoms with Gasteiger partial charge in [0.15, 0.2) is 0 Å². The van der Waals surface area contributed by atoms with E-state index in [-0.39, 0.29) is 24.0 Å². The average molecular weight is 621 g/mol. The number of nitrogens with one attached hydrogen (secondary N) is 3. The monoisotopic (exact) mass is 620 g/mol. The minimum Gasteiger partial charge on any atom is -0.475 e. The number of benzene rings is 1. The smallest absolute Gasteiger partial charge is 0.475 e. The van der Waals surface area contributed by atoms with Crippen molar-refractivity contribution in [2.75, 3.05) is 78.3 Å². The maximum atomic E-state index is 13.0. The predicted octanol–water partition coefficient (Wildman–Crippen LogP) is 0.419. The van der Waals surface area contributed by atoms with E-state index in [0.29, 0.717) is 65.1 Å². The van der Waals surface area contributed by atoms with E-state index in [0.717, 1.165) is 11.4 Å². The highest BCUT2D eigenvalue weighted by molar-refractivity contribution is 6.25. The van der Waals surface area contributed by atoms with E-state index < -0.39 is 41.8 Å². The van der Waals surface area contributed by atoms with E-state index in [9.17, 15) is 32.3 Å². The number of ether oxygens (including phenoxy) is 4. The summed E-state index contributed by atoms with van der Waals surface area (Å²) >= 11 is 0. The van der Waals surface area contributed by atoms with E-state index in [1.807, 2.05) is 7.05 Å². The Morgan fingerprint density at radius 3 is 1.98 bits per heavy atom. The number of rotatable bonds is 17. The zero-order valence-electron chi connectivity index (χ0n) is 23.5. The second-order valence-electron chi connectivity index (χ2n) is 8.96. The van der Waals surface area contributed by atoms with Gasteiger partial charge in [0, 0.05) is 25.2 Å². The number of carbonyl (C=O) groups is 5. The maximum absolute atomic E-state index is 13.0. The molecule has 4 N–H and O–H groups in total. The molecule has 0 saturated carbocycles. The lowest BCUT2D eigenvalue weighted by Crippen LogP contribution is -2.54. The van der Waals surface area contributed by atoms with Gasteiger partial charge in [-0.05, 0) is 25.6 Å². The third-order valence-electron chi connectivity index (χ3n) is 5.88. The van der Waals surface area contributed by atoms with Gasteiger partial charge in [-0.25, -0.2) is 4.79 Å². The van der Waals surface area contributed by atoms with Crippen LogP contribution in [-0.2, 0) is 33.3 Å². The van der Waals surface area contributed by atoms with Crippen LogP contribution < -0.4 is 16.0 Å². The zero-order valence-corrected chi connectivity index (χ0v) is 23.5. The number of anilines is 1. The molecule has 14 nitrogen and oxygen atoms in total. The Kier molecular flexibility index (Phi) is 15.0. The van der Waals surface area contributed by atoms with E-state index in [1.165, 1.54) is 0 Å². The minimum absolute atomic E-state index is 0.0785. The number of hydrogen-bond acceptors (Lipinski definition) is 11. The van der Waals surface area contributed by atoms with Crippen LogP contribution in [0.2, 0.25) is 0 Å². The molecule has 43 heavy (non-hydrogen) atoms. The summed E-state index contributed by atoms with van der Waals surface area (Å²) in [7, 11) is 1.87. The third-order valence-corrected chi connectivity index (χ3v) is 5.88. The predicted molar refractivity (Wildman–Crippen MR) is 142 cm³/mol. The van der Waals surface area contributed by atoms with Crippen molar-refractivity contribution < 1.29 is 61.2 Å². The van der Waals surface area contributed by atoms with Gasteiger partial charge in [-0.3, -0.25) is 29.4 Å². The molecule has 1 saturated heterocycles. The standard InChI is InChI=1S/C24H34N4O8.C2HF3O2/c1-25-7-9-33-11-13-35-15-16-36-14-12-34-10-8-26-18-4-2-3-17-21(18)24(32)28(23(17)31)19-5-6-20(29)27-22(19)30;3-2(4,5)1(6)7/h2-4,19,25-26H,5-16H2,1H3,(H,27,29,30);(H,6,7). The first-order valence-electron chi connectivity index (χ1n) is 13.3. The second-order valence-corrected chi connectivity index (χ2v) is 8.96. The van der Waals surface area contributed by atoms with Gasteiger partial charge < -0.3 is 34.7 Å². The quantitative estimate of drug-likeness (QED) is 0.139. The molecule has 1 aromatic rings. The summed E-state index contributed by atoms with van der Waals surface area (Å²) in [5, 5.41) is 15.4. The van der Waals surface area contributed by atoms with Gasteiger partial charge in [0.1, 0.15) is 6.04 Å². The number of carboxylic acid groups (broad SMARTS) is 1. The normalized spacial score (nSPS) is 16.5. The molecule has 3 rings (SSSR count). The van der Waals surface area contributed by atoms with Crippen LogP contribution in [0.5, 0.6) is 0 Å². The summed E-state index contributed by atoms with van der Waals surface area (Å²) < 4.78 is 53.5. The molecule has 0 spiro atoms. The Balaban J connectivity index is 0.000000821. The summed E-state index contributed by atoms with van der Waals surface area (Å²) in [4.78, 5) is 59.4. The van der Waals surface area contributed by atoms with Gasteiger partial charge >= 0.3 is 12.1 Å².